The van der Waals surface area contributed by atoms with Crippen LogP contribution in [0.1, 0.15) is 57.4 Å². The number of aromatic nitrogens is 2. The highest BCUT2D eigenvalue weighted by Crippen LogP contribution is 2.16. The summed E-state index contributed by atoms with van der Waals surface area (Å²) < 4.78 is 5.40. The molecule has 21 heavy (non-hydrogen) atoms. The molecule has 2 aromatic rings. The summed E-state index contributed by atoms with van der Waals surface area (Å²) in [5.41, 5.74) is 1.19. The molecule has 0 saturated heterocycles. The van der Waals surface area contributed by atoms with Crippen LogP contribution in [0, 0.1) is 5.92 Å². The lowest BCUT2D eigenvalue weighted by Gasteiger charge is -2.23. The molecule has 0 aliphatic rings. The predicted molar refractivity (Wildman–Crippen MR) is 84.0 cm³/mol. The molecule has 1 aromatic carbocycles. The Bertz CT molecular complexity index is 536. The zero-order valence-corrected chi connectivity index (χ0v) is 13.3. The van der Waals surface area contributed by atoms with Gasteiger partial charge in [-0.3, -0.25) is 0 Å². The van der Waals surface area contributed by atoms with Crippen LogP contribution < -0.4 is 5.32 Å². The maximum Gasteiger partial charge on any atom is 0.243 e. The van der Waals surface area contributed by atoms with E-state index >= 15 is 0 Å². The zero-order valence-electron chi connectivity index (χ0n) is 13.3. The summed E-state index contributed by atoms with van der Waals surface area (Å²) in [5, 5.41) is 7.65. The molecule has 0 aliphatic heterocycles. The lowest BCUT2D eigenvalue weighted by atomic mass is 10.0. The molecule has 0 aliphatic carbocycles. The van der Waals surface area contributed by atoms with Crippen LogP contribution in [0.15, 0.2) is 34.9 Å². The summed E-state index contributed by atoms with van der Waals surface area (Å²) in [6.45, 7) is 8.72. The van der Waals surface area contributed by atoms with Gasteiger partial charge in [0.2, 0.25) is 5.89 Å². The van der Waals surface area contributed by atoms with E-state index in [0.29, 0.717) is 24.3 Å². The average molecular weight is 287 g/mol. The summed E-state index contributed by atoms with van der Waals surface area (Å²) in [6, 6.07) is 10.7. The van der Waals surface area contributed by atoms with Crippen molar-refractivity contribution in [3.8, 4) is 0 Å². The fourth-order valence-electron chi connectivity index (χ4n) is 2.47. The first kappa shape index (κ1) is 15.7. The summed E-state index contributed by atoms with van der Waals surface area (Å²) in [5.74, 6) is 1.99. The summed E-state index contributed by atoms with van der Waals surface area (Å²) in [4.78, 5) is 4.51. The van der Waals surface area contributed by atoms with Gasteiger partial charge in [0.25, 0.3) is 0 Å². The number of rotatable bonds is 7. The molecule has 4 heteroatoms. The SMILES string of the molecule is CCC(NC(C)c1nc(Cc2ccccc2)no1)C(C)C. The number of hydrogen-bond donors (Lipinski definition) is 1. The fraction of sp³-hybridized carbons (Fsp3) is 0.529. The van der Waals surface area contributed by atoms with Crippen LogP contribution in [0.5, 0.6) is 0 Å². The maximum atomic E-state index is 5.40. The standard InChI is InChI=1S/C17H25N3O/c1-5-15(12(2)3)18-13(4)17-19-16(20-21-17)11-14-9-7-6-8-10-14/h6-10,12-13,15,18H,5,11H2,1-4H3. The van der Waals surface area contributed by atoms with Crippen molar-refractivity contribution in [3.05, 3.63) is 47.6 Å². The molecule has 1 N–H and O–H groups in total. The number of benzene rings is 1. The van der Waals surface area contributed by atoms with Crippen molar-refractivity contribution in [1.29, 1.82) is 0 Å². The molecule has 2 unspecified atom stereocenters. The molecule has 0 radical (unpaired) electrons. The van der Waals surface area contributed by atoms with Crippen LogP contribution in [0.3, 0.4) is 0 Å². The van der Waals surface area contributed by atoms with Crippen LogP contribution >= 0.6 is 0 Å². The van der Waals surface area contributed by atoms with Gasteiger partial charge in [0, 0.05) is 12.5 Å². The minimum Gasteiger partial charge on any atom is -0.338 e. The lowest BCUT2D eigenvalue weighted by Crippen LogP contribution is -2.35. The van der Waals surface area contributed by atoms with E-state index in [-0.39, 0.29) is 6.04 Å². The maximum absolute atomic E-state index is 5.40. The van der Waals surface area contributed by atoms with E-state index < -0.39 is 0 Å². The van der Waals surface area contributed by atoms with Gasteiger partial charge in [0.05, 0.1) is 6.04 Å². The Morgan fingerprint density at radius 3 is 2.48 bits per heavy atom. The molecule has 114 valence electrons. The molecule has 0 saturated carbocycles. The second-order valence-corrected chi connectivity index (χ2v) is 5.86. The van der Waals surface area contributed by atoms with Gasteiger partial charge in [-0.25, -0.2) is 0 Å². The molecule has 1 aromatic heterocycles. The first-order valence-electron chi connectivity index (χ1n) is 7.72. The van der Waals surface area contributed by atoms with Crippen molar-refractivity contribution >= 4 is 0 Å². The van der Waals surface area contributed by atoms with Crippen molar-refractivity contribution in [3.63, 3.8) is 0 Å². The second-order valence-electron chi connectivity index (χ2n) is 5.86. The third-order valence-corrected chi connectivity index (χ3v) is 3.77. The van der Waals surface area contributed by atoms with E-state index in [4.69, 9.17) is 4.52 Å². The van der Waals surface area contributed by atoms with E-state index in [0.717, 1.165) is 12.2 Å². The smallest absolute Gasteiger partial charge is 0.243 e. The molecule has 0 bridgehead atoms. The van der Waals surface area contributed by atoms with Gasteiger partial charge in [-0.05, 0) is 24.8 Å². The molecular weight excluding hydrogens is 262 g/mol. The fourth-order valence-corrected chi connectivity index (χ4v) is 2.47. The third-order valence-electron chi connectivity index (χ3n) is 3.77. The molecule has 0 amide bonds. The van der Waals surface area contributed by atoms with E-state index in [9.17, 15) is 0 Å². The Morgan fingerprint density at radius 1 is 1.14 bits per heavy atom. The van der Waals surface area contributed by atoms with Crippen molar-refractivity contribution in [2.45, 2.75) is 52.6 Å². The second kappa shape index (κ2) is 7.36. The highest BCUT2D eigenvalue weighted by molar-refractivity contribution is 5.18. The predicted octanol–water partition coefficient (Wildman–Crippen LogP) is 3.75. The quantitative estimate of drug-likeness (QED) is 0.842. The van der Waals surface area contributed by atoms with E-state index in [2.05, 4.69) is 55.3 Å². The average Bonchev–Trinajstić information content (AvgIpc) is 2.94. The van der Waals surface area contributed by atoms with E-state index in [1.54, 1.807) is 0 Å². The summed E-state index contributed by atoms with van der Waals surface area (Å²) in [7, 11) is 0. The van der Waals surface area contributed by atoms with Crippen molar-refractivity contribution in [2.75, 3.05) is 0 Å². The van der Waals surface area contributed by atoms with Gasteiger partial charge < -0.3 is 9.84 Å². The number of hydrogen-bond acceptors (Lipinski definition) is 4. The molecule has 2 rings (SSSR count). The third kappa shape index (κ3) is 4.39. The number of nitrogens with one attached hydrogen (secondary N) is 1. The van der Waals surface area contributed by atoms with Crippen LogP contribution in [-0.2, 0) is 6.42 Å². The van der Waals surface area contributed by atoms with Crippen molar-refractivity contribution in [1.82, 2.24) is 15.5 Å². The van der Waals surface area contributed by atoms with Crippen molar-refractivity contribution < 1.29 is 4.52 Å². The molecule has 0 spiro atoms. The molecule has 2 atom stereocenters. The number of nitrogens with zero attached hydrogens (tertiary/aromatic N) is 2. The van der Waals surface area contributed by atoms with Gasteiger partial charge in [0.15, 0.2) is 5.82 Å². The highest BCUT2D eigenvalue weighted by Gasteiger charge is 2.19. The van der Waals surface area contributed by atoms with Crippen LogP contribution in [-0.4, -0.2) is 16.2 Å². The van der Waals surface area contributed by atoms with Gasteiger partial charge in [0.1, 0.15) is 0 Å². The van der Waals surface area contributed by atoms with Crippen LogP contribution in [0.25, 0.3) is 0 Å². The Hall–Kier alpha value is -1.68. The van der Waals surface area contributed by atoms with Crippen molar-refractivity contribution in [2.24, 2.45) is 5.92 Å². The van der Waals surface area contributed by atoms with Gasteiger partial charge in [-0.15, -0.1) is 0 Å². The first-order chi connectivity index (χ1) is 10.1. The normalized spacial score (nSPS) is 14.3. The zero-order chi connectivity index (χ0) is 15.2. The van der Waals surface area contributed by atoms with Gasteiger partial charge in [-0.1, -0.05) is 56.3 Å². The Labute approximate surface area is 127 Å². The monoisotopic (exact) mass is 287 g/mol. The highest BCUT2D eigenvalue weighted by atomic mass is 16.5. The Balaban J connectivity index is 1.99. The lowest BCUT2D eigenvalue weighted by molar-refractivity contribution is 0.293. The molecular formula is C17H25N3O. The first-order valence-corrected chi connectivity index (χ1v) is 7.72. The van der Waals surface area contributed by atoms with Gasteiger partial charge in [-0.2, -0.15) is 4.98 Å². The summed E-state index contributed by atoms with van der Waals surface area (Å²) >= 11 is 0. The largest absolute Gasteiger partial charge is 0.338 e. The minimum absolute atomic E-state index is 0.0781. The van der Waals surface area contributed by atoms with Crippen LogP contribution in [0.2, 0.25) is 0 Å². The van der Waals surface area contributed by atoms with E-state index in [1.807, 2.05) is 18.2 Å². The molecule has 1 heterocycles. The van der Waals surface area contributed by atoms with Gasteiger partial charge >= 0.3 is 0 Å². The summed E-state index contributed by atoms with van der Waals surface area (Å²) in [6.07, 6.45) is 1.80. The van der Waals surface area contributed by atoms with Crippen LogP contribution in [0.4, 0.5) is 0 Å². The minimum atomic E-state index is 0.0781. The van der Waals surface area contributed by atoms with E-state index in [1.165, 1.54) is 5.56 Å². The molecule has 0 fully saturated rings. The Kier molecular flexibility index (Phi) is 5.51. The Morgan fingerprint density at radius 2 is 1.86 bits per heavy atom. The topological polar surface area (TPSA) is 51.0 Å². The molecule has 4 nitrogen and oxygen atoms in total.